The van der Waals surface area contributed by atoms with Crippen molar-refractivity contribution in [1.82, 2.24) is 5.43 Å². The van der Waals surface area contributed by atoms with Crippen LogP contribution in [0.3, 0.4) is 0 Å². The van der Waals surface area contributed by atoms with Gasteiger partial charge in [0.1, 0.15) is 5.75 Å². The maximum Gasteiger partial charge on any atom is 0.124 e. The minimum atomic E-state index is -0.158. The number of aryl methyl sites for hydroxylation is 1. The molecule has 0 aliphatic carbocycles. The Balaban J connectivity index is 2.53. The molecular formula is C15H17ClN2O. The number of nitrogens with two attached hydrogens (primary N) is 1. The van der Waals surface area contributed by atoms with Crippen LogP contribution in [0.4, 0.5) is 0 Å². The number of nitrogens with one attached hydrogen (secondary N) is 1. The summed E-state index contributed by atoms with van der Waals surface area (Å²) in [5.74, 6) is 6.53. The second-order valence-corrected chi connectivity index (χ2v) is 4.78. The first-order chi connectivity index (χ1) is 9.17. The van der Waals surface area contributed by atoms with Crippen molar-refractivity contribution in [1.29, 1.82) is 0 Å². The molecule has 19 heavy (non-hydrogen) atoms. The highest BCUT2D eigenvalue weighted by molar-refractivity contribution is 6.30. The quantitative estimate of drug-likeness (QED) is 0.666. The van der Waals surface area contributed by atoms with E-state index in [1.54, 1.807) is 7.11 Å². The van der Waals surface area contributed by atoms with Crippen molar-refractivity contribution in [3.05, 3.63) is 64.2 Å². The number of halogens is 1. The molecule has 0 aromatic heterocycles. The maximum absolute atomic E-state index is 6.08. The lowest BCUT2D eigenvalue weighted by molar-refractivity contribution is 0.404. The molecule has 3 N–H and O–H groups in total. The standard InChI is InChI=1S/C15H17ClN2O/c1-10-7-8-11(16)9-13(10)15(18-17)12-5-3-4-6-14(12)19-2/h3-9,15,18H,17H2,1-2H3. The first kappa shape index (κ1) is 13.9. The van der Waals surface area contributed by atoms with E-state index < -0.39 is 0 Å². The van der Waals surface area contributed by atoms with Crippen molar-refractivity contribution in [3.8, 4) is 5.75 Å². The molecule has 0 saturated heterocycles. The van der Waals surface area contributed by atoms with Crippen molar-refractivity contribution in [2.75, 3.05) is 7.11 Å². The van der Waals surface area contributed by atoms with Gasteiger partial charge in [0.05, 0.1) is 13.2 Å². The molecular weight excluding hydrogens is 260 g/mol. The Hall–Kier alpha value is -1.55. The minimum absolute atomic E-state index is 0.158. The normalized spacial score (nSPS) is 12.2. The molecule has 2 aromatic carbocycles. The van der Waals surface area contributed by atoms with Crippen molar-refractivity contribution in [2.24, 2.45) is 5.84 Å². The monoisotopic (exact) mass is 276 g/mol. The molecule has 0 spiro atoms. The summed E-state index contributed by atoms with van der Waals surface area (Å²) in [6, 6.07) is 13.4. The Bertz CT molecular complexity index is 572. The lowest BCUT2D eigenvalue weighted by Crippen LogP contribution is -2.29. The summed E-state index contributed by atoms with van der Waals surface area (Å²) in [5, 5.41) is 0.691. The van der Waals surface area contributed by atoms with Crippen LogP contribution in [0.1, 0.15) is 22.7 Å². The molecule has 0 fully saturated rings. The van der Waals surface area contributed by atoms with Gasteiger partial charge in [-0.15, -0.1) is 0 Å². The molecule has 1 unspecified atom stereocenters. The highest BCUT2D eigenvalue weighted by Crippen LogP contribution is 2.32. The topological polar surface area (TPSA) is 47.3 Å². The highest BCUT2D eigenvalue weighted by Gasteiger charge is 2.18. The summed E-state index contributed by atoms with van der Waals surface area (Å²) in [4.78, 5) is 0. The lowest BCUT2D eigenvalue weighted by Gasteiger charge is -2.21. The van der Waals surface area contributed by atoms with Crippen LogP contribution in [0.15, 0.2) is 42.5 Å². The van der Waals surface area contributed by atoms with Crippen LogP contribution in [-0.4, -0.2) is 7.11 Å². The summed E-state index contributed by atoms with van der Waals surface area (Å²) in [6.45, 7) is 2.03. The zero-order valence-corrected chi connectivity index (χ0v) is 11.7. The van der Waals surface area contributed by atoms with E-state index in [0.717, 1.165) is 22.4 Å². The first-order valence-electron chi connectivity index (χ1n) is 6.02. The Morgan fingerprint density at radius 2 is 1.89 bits per heavy atom. The van der Waals surface area contributed by atoms with Gasteiger partial charge in [0.2, 0.25) is 0 Å². The van der Waals surface area contributed by atoms with E-state index in [-0.39, 0.29) is 6.04 Å². The van der Waals surface area contributed by atoms with Crippen molar-refractivity contribution in [2.45, 2.75) is 13.0 Å². The number of hydrogen-bond donors (Lipinski definition) is 2. The molecule has 0 aliphatic rings. The molecule has 0 amide bonds. The highest BCUT2D eigenvalue weighted by atomic mass is 35.5. The van der Waals surface area contributed by atoms with E-state index in [1.807, 2.05) is 49.4 Å². The van der Waals surface area contributed by atoms with Crippen molar-refractivity contribution < 1.29 is 4.74 Å². The molecule has 100 valence electrons. The smallest absolute Gasteiger partial charge is 0.124 e. The average molecular weight is 277 g/mol. The number of benzene rings is 2. The molecule has 0 radical (unpaired) electrons. The van der Waals surface area contributed by atoms with E-state index in [2.05, 4.69) is 5.43 Å². The minimum Gasteiger partial charge on any atom is -0.496 e. The Kier molecular flexibility index (Phi) is 4.43. The first-order valence-corrected chi connectivity index (χ1v) is 6.40. The van der Waals surface area contributed by atoms with Gasteiger partial charge in [0, 0.05) is 10.6 Å². The second kappa shape index (κ2) is 6.06. The fraction of sp³-hybridized carbons (Fsp3) is 0.200. The van der Waals surface area contributed by atoms with Gasteiger partial charge in [-0.3, -0.25) is 5.84 Å². The summed E-state index contributed by atoms with van der Waals surface area (Å²) in [6.07, 6.45) is 0. The fourth-order valence-electron chi connectivity index (χ4n) is 2.17. The van der Waals surface area contributed by atoms with Gasteiger partial charge < -0.3 is 4.74 Å². The molecule has 3 nitrogen and oxygen atoms in total. The number of hydrazine groups is 1. The molecule has 0 bridgehead atoms. The molecule has 0 saturated carbocycles. The van der Waals surface area contributed by atoms with Crippen LogP contribution >= 0.6 is 11.6 Å². The van der Waals surface area contributed by atoms with Crippen LogP contribution in [0.5, 0.6) is 5.75 Å². The third-order valence-electron chi connectivity index (χ3n) is 3.17. The van der Waals surface area contributed by atoms with Crippen molar-refractivity contribution in [3.63, 3.8) is 0 Å². The van der Waals surface area contributed by atoms with Gasteiger partial charge in [0.15, 0.2) is 0 Å². The molecule has 0 aliphatic heterocycles. The average Bonchev–Trinajstić information content (AvgIpc) is 2.44. The van der Waals surface area contributed by atoms with Crippen molar-refractivity contribution >= 4 is 11.6 Å². The van der Waals surface area contributed by atoms with Gasteiger partial charge in [-0.2, -0.15) is 0 Å². The van der Waals surface area contributed by atoms with E-state index >= 15 is 0 Å². The lowest BCUT2D eigenvalue weighted by atomic mass is 9.95. The summed E-state index contributed by atoms with van der Waals surface area (Å²) in [7, 11) is 1.65. The van der Waals surface area contributed by atoms with Crippen LogP contribution in [0.25, 0.3) is 0 Å². The number of rotatable bonds is 4. The Labute approximate surface area is 118 Å². The maximum atomic E-state index is 6.08. The molecule has 2 rings (SSSR count). The molecule has 4 heteroatoms. The SMILES string of the molecule is COc1ccccc1C(NN)c1cc(Cl)ccc1C. The van der Waals surface area contributed by atoms with Gasteiger partial charge in [-0.05, 0) is 36.2 Å². The third kappa shape index (κ3) is 2.89. The van der Waals surface area contributed by atoms with Crippen LogP contribution in [0.2, 0.25) is 5.02 Å². The number of ether oxygens (including phenoxy) is 1. The number of hydrogen-bond acceptors (Lipinski definition) is 3. The van der Waals surface area contributed by atoms with Gasteiger partial charge >= 0.3 is 0 Å². The van der Waals surface area contributed by atoms with E-state index in [0.29, 0.717) is 5.02 Å². The summed E-state index contributed by atoms with van der Waals surface area (Å²) >= 11 is 6.08. The Morgan fingerprint density at radius 3 is 2.58 bits per heavy atom. The predicted octanol–water partition coefficient (Wildman–Crippen LogP) is 3.21. The largest absolute Gasteiger partial charge is 0.496 e. The van der Waals surface area contributed by atoms with E-state index in [1.165, 1.54) is 0 Å². The predicted molar refractivity (Wildman–Crippen MR) is 78.3 cm³/mol. The molecule has 1 atom stereocenters. The summed E-state index contributed by atoms with van der Waals surface area (Å²) in [5.41, 5.74) is 5.99. The van der Waals surface area contributed by atoms with E-state index in [4.69, 9.17) is 22.2 Å². The Morgan fingerprint density at radius 1 is 1.16 bits per heavy atom. The molecule has 0 heterocycles. The van der Waals surface area contributed by atoms with Crippen LogP contribution in [-0.2, 0) is 0 Å². The van der Waals surface area contributed by atoms with Crippen LogP contribution < -0.4 is 16.0 Å². The number of methoxy groups -OCH3 is 1. The third-order valence-corrected chi connectivity index (χ3v) is 3.40. The van der Waals surface area contributed by atoms with Crippen LogP contribution in [0, 0.1) is 6.92 Å². The zero-order chi connectivity index (χ0) is 13.8. The second-order valence-electron chi connectivity index (χ2n) is 4.34. The van der Waals surface area contributed by atoms with E-state index in [9.17, 15) is 0 Å². The zero-order valence-electron chi connectivity index (χ0n) is 11.0. The molecule has 2 aromatic rings. The van der Waals surface area contributed by atoms with Gasteiger partial charge in [-0.1, -0.05) is 35.9 Å². The van der Waals surface area contributed by atoms with Gasteiger partial charge in [0.25, 0.3) is 0 Å². The summed E-state index contributed by atoms with van der Waals surface area (Å²) < 4.78 is 5.39. The number of para-hydroxylation sites is 1. The van der Waals surface area contributed by atoms with Gasteiger partial charge in [-0.25, -0.2) is 5.43 Å². The fourth-order valence-corrected chi connectivity index (χ4v) is 2.35.